The summed E-state index contributed by atoms with van der Waals surface area (Å²) in [4.78, 5) is 14.2. The molecule has 0 radical (unpaired) electrons. The van der Waals surface area contributed by atoms with Crippen LogP contribution in [0.2, 0.25) is 0 Å². The average molecular weight is 393 g/mol. The molecule has 0 unspecified atom stereocenters. The van der Waals surface area contributed by atoms with Gasteiger partial charge in [-0.05, 0) is 60.4 Å². The summed E-state index contributed by atoms with van der Waals surface area (Å²) in [6.07, 6.45) is 5.40. The molecule has 0 spiro atoms. The van der Waals surface area contributed by atoms with Crippen LogP contribution in [0.1, 0.15) is 19.4 Å². The molecule has 148 valence electrons. The summed E-state index contributed by atoms with van der Waals surface area (Å²) >= 11 is 0. The molecule has 30 heavy (non-hydrogen) atoms. The van der Waals surface area contributed by atoms with Crippen molar-refractivity contribution in [3.8, 4) is 34.6 Å². The van der Waals surface area contributed by atoms with E-state index in [-0.39, 0.29) is 5.63 Å². The fourth-order valence-corrected chi connectivity index (χ4v) is 3.58. The third-order valence-electron chi connectivity index (χ3n) is 5.44. The highest BCUT2D eigenvalue weighted by molar-refractivity contribution is 5.94. The molecule has 0 aliphatic heterocycles. The van der Waals surface area contributed by atoms with E-state index in [0.717, 1.165) is 40.9 Å². The molecule has 2 aromatic carbocycles. The summed E-state index contributed by atoms with van der Waals surface area (Å²) < 4.78 is 5.43. The van der Waals surface area contributed by atoms with Crippen molar-refractivity contribution in [2.24, 2.45) is 0 Å². The van der Waals surface area contributed by atoms with E-state index in [9.17, 15) is 4.79 Å². The van der Waals surface area contributed by atoms with Crippen LogP contribution in [0.25, 0.3) is 33.2 Å². The van der Waals surface area contributed by atoms with Crippen LogP contribution in [0.15, 0.2) is 82.0 Å². The minimum atomic E-state index is -0.352. The van der Waals surface area contributed by atoms with Crippen LogP contribution in [0.3, 0.4) is 0 Å². The third-order valence-corrected chi connectivity index (χ3v) is 5.44. The van der Waals surface area contributed by atoms with Crippen LogP contribution >= 0.6 is 0 Å². The summed E-state index contributed by atoms with van der Waals surface area (Å²) in [5.41, 5.74) is 6.77. The molecular formula is C27H23NO2. The molecule has 1 heterocycles. The Morgan fingerprint density at radius 3 is 1.93 bits per heavy atom. The summed E-state index contributed by atoms with van der Waals surface area (Å²) in [5, 5.41) is 0.916. The number of hydrogen-bond donors (Lipinski definition) is 0. The Morgan fingerprint density at radius 2 is 1.43 bits per heavy atom. The van der Waals surface area contributed by atoms with E-state index in [1.807, 2.05) is 36.4 Å². The molecule has 0 amide bonds. The largest absolute Gasteiger partial charge is 0.423 e. The van der Waals surface area contributed by atoms with Gasteiger partial charge in [0.1, 0.15) is 5.58 Å². The molecule has 2 aliphatic carbocycles. The van der Waals surface area contributed by atoms with Crippen molar-refractivity contribution in [2.75, 3.05) is 18.0 Å². The highest BCUT2D eigenvalue weighted by Gasteiger charge is 2.10. The SMILES string of the molecule is C#Cc1ccc(-c2cc(=O)oc3cc(N(CC)CC)ccc23)cc1.c1cc2ccc1-2. The van der Waals surface area contributed by atoms with Crippen molar-refractivity contribution in [3.63, 3.8) is 0 Å². The smallest absolute Gasteiger partial charge is 0.336 e. The van der Waals surface area contributed by atoms with Crippen molar-refractivity contribution in [2.45, 2.75) is 13.8 Å². The van der Waals surface area contributed by atoms with Crippen LogP contribution < -0.4 is 10.5 Å². The van der Waals surface area contributed by atoms with Gasteiger partial charge in [0.15, 0.2) is 0 Å². The Bertz CT molecular complexity index is 1250. The second-order valence-corrected chi connectivity index (χ2v) is 7.13. The van der Waals surface area contributed by atoms with Crippen LogP contribution in [0, 0.1) is 12.3 Å². The van der Waals surface area contributed by atoms with E-state index in [1.165, 1.54) is 17.2 Å². The van der Waals surface area contributed by atoms with E-state index in [0.29, 0.717) is 5.58 Å². The topological polar surface area (TPSA) is 33.5 Å². The Kier molecular flexibility index (Phi) is 5.41. The Labute approximate surface area is 176 Å². The van der Waals surface area contributed by atoms with E-state index >= 15 is 0 Å². The minimum Gasteiger partial charge on any atom is -0.423 e. The van der Waals surface area contributed by atoms with Gasteiger partial charge in [-0.3, -0.25) is 0 Å². The zero-order chi connectivity index (χ0) is 21.1. The van der Waals surface area contributed by atoms with Crippen molar-refractivity contribution >= 4 is 16.7 Å². The Hall–Kier alpha value is -3.77. The molecule has 0 atom stereocenters. The van der Waals surface area contributed by atoms with Gasteiger partial charge in [-0.2, -0.15) is 0 Å². The number of anilines is 1. The second-order valence-electron chi connectivity index (χ2n) is 7.13. The van der Waals surface area contributed by atoms with Crippen LogP contribution in [0.4, 0.5) is 5.69 Å². The predicted molar refractivity (Wildman–Crippen MR) is 125 cm³/mol. The van der Waals surface area contributed by atoms with Gasteiger partial charge in [0.05, 0.1) is 0 Å². The molecule has 0 N–H and O–H groups in total. The maximum Gasteiger partial charge on any atom is 0.336 e. The maximum absolute atomic E-state index is 12.0. The molecule has 0 fully saturated rings. The van der Waals surface area contributed by atoms with Gasteiger partial charge in [0.2, 0.25) is 0 Å². The van der Waals surface area contributed by atoms with Crippen LogP contribution in [-0.2, 0) is 0 Å². The predicted octanol–water partition coefficient (Wildman–Crippen LogP) is 5.95. The fraction of sp³-hybridized carbons (Fsp3) is 0.148. The van der Waals surface area contributed by atoms with E-state index in [1.54, 1.807) is 0 Å². The van der Waals surface area contributed by atoms with Gasteiger partial charge < -0.3 is 9.32 Å². The van der Waals surface area contributed by atoms with E-state index < -0.39 is 0 Å². The van der Waals surface area contributed by atoms with Crippen molar-refractivity contribution < 1.29 is 4.42 Å². The lowest BCUT2D eigenvalue weighted by Gasteiger charge is -2.21. The fourth-order valence-electron chi connectivity index (χ4n) is 3.58. The molecule has 3 heteroatoms. The van der Waals surface area contributed by atoms with Crippen LogP contribution in [0.5, 0.6) is 0 Å². The molecule has 1 aromatic heterocycles. The Balaban J connectivity index is 0.000000305. The van der Waals surface area contributed by atoms with E-state index in [4.69, 9.17) is 10.8 Å². The van der Waals surface area contributed by atoms with Gasteiger partial charge in [-0.15, -0.1) is 6.42 Å². The van der Waals surface area contributed by atoms with Crippen molar-refractivity contribution in [3.05, 3.63) is 88.8 Å². The first kappa shape index (κ1) is 19.5. The molecule has 0 bridgehead atoms. The van der Waals surface area contributed by atoms with Gasteiger partial charge in [-0.1, -0.05) is 42.3 Å². The second kappa shape index (κ2) is 8.31. The zero-order valence-electron chi connectivity index (χ0n) is 17.2. The zero-order valence-corrected chi connectivity index (χ0v) is 17.2. The molecule has 0 saturated heterocycles. The lowest BCUT2D eigenvalue weighted by atomic mass is 9.95. The number of terminal acetylenes is 1. The van der Waals surface area contributed by atoms with Crippen LogP contribution in [-0.4, -0.2) is 13.1 Å². The molecular weight excluding hydrogens is 370 g/mol. The number of nitrogens with zero attached hydrogens (tertiary/aromatic N) is 1. The molecule has 3 aromatic rings. The molecule has 5 rings (SSSR count). The summed E-state index contributed by atoms with van der Waals surface area (Å²) in [5.74, 6) is 2.60. The minimum absolute atomic E-state index is 0.352. The summed E-state index contributed by atoms with van der Waals surface area (Å²) in [7, 11) is 0. The molecule has 0 saturated carbocycles. The lowest BCUT2D eigenvalue weighted by molar-refractivity contribution is 0.561. The highest BCUT2D eigenvalue weighted by Crippen LogP contribution is 2.30. The van der Waals surface area contributed by atoms with E-state index in [2.05, 4.69) is 55.0 Å². The number of rotatable bonds is 4. The third kappa shape index (κ3) is 3.73. The van der Waals surface area contributed by atoms with Gasteiger partial charge in [0, 0.05) is 41.9 Å². The van der Waals surface area contributed by atoms with Crippen molar-refractivity contribution in [1.82, 2.24) is 0 Å². The number of fused-ring (bicyclic) bond motifs is 2. The van der Waals surface area contributed by atoms with Gasteiger partial charge >= 0.3 is 5.63 Å². The molecule has 3 nitrogen and oxygen atoms in total. The lowest BCUT2D eigenvalue weighted by Crippen LogP contribution is -2.21. The average Bonchev–Trinajstić information content (AvgIpc) is 2.76. The van der Waals surface area contributed by atoms with Gasteiger partial charge in [0.25, 0.3) is 0 Å². The first-order valence-electron chi connectivity index (χ1n) is 10.1. The maximum atomic E-state index is 12.0. The monoisotopic (exact) mass is 393 g/mol. The summed E-state index contributed by atoms with van der Waals surface area (Å²) in [6.45, 7) is 6.01. The standard InChI is InChI=1S/C21H19NO2.C6H4/c1-4-15-7-9-16(10-8-15)19-14-21(23)24-20-13-17(11-12-18(19)20)22(5-2)6-3;1-2-6-4-3-5(1)6/h1,7-14H,5-6H2,2-3H3;1-4H. The Morgan fingerprint density at radius 1 is 0.833 bits per heavy atom. The van der Waals surface area contributed by atoms with Crippen molar-refractivity contribution in [1.29, 1.82) is 0 Å². The quantitative estimate of drug-likeness (QED) is 0.279. The normalized spacial score (nSPS) is 10.7. The number of hydrogen-bond acceptors (Lipinski definition) is 3. The van der Waals surface area contributed by atoms with Gasteiger partial charge in [-0.25, -0.2) is 4.79 Å². The first-order chi connectivity index (χ1) is 14.6. The molecule has 2 aliphatic rings. The summed E-state index contributed by atoms with van der Waals surface area (Å²) in [6, 6.07) is 23.6. The highest BCUT2D eigenvalue weighted by atomic mass is 16.4. The number of benzene rings is 3. The first-order valence-corrected chi connectivity index (χ1v) is 10.1.